The number of hydrogen-bond donors (Lipinski definition) is 1. The molecule has 1 amide bonds. The van der Waals surface area contributed by atoms with Gasteiger partial charge in [-0.25, -0.2) is 4.79 Å². The average molecular weight is 299 g/mol. The summed E-state index contributed by atoms with van der Waals surface area (Å²) in [6.07, 6.45) is 0. The van der Waals surface area contributed by atoms with Gasteiger partial charge in [-0.05, 0) is 29.8 Å². The average Bonchev–Trinajstić information content (AvgIpc) is 2.58. The lowest BCUT2D eigenvalue weighted by Gasteiger charge is -2.08. The molecule has 1 N–H and O–H groups in total. The number of methoxy groups -OCH3 is 1. The molecule has 0 bridgehead atoms. The summed E-state index contributed by atoms with van der Waals surface area (Å²) in [7, 11) is 1.58. The van der Waals surface area contributed by atoms with Gasteiger partial charge in [0, 0.05) is 6.54 Å². The van der Waals surface area contributed by atoms with E-state index in [2.05, 4.69) is 5.32 Å². The Morgan fingerprint density at radius 1 is 1.05 bits per heavy atom. The minimum absolute atomic E-state index is 0.308. The molecule has 0 heterocycles. The maximum Gasteiger partial charge on any atom is 0.338 e. The van der Waals surface area contributed by atoms with Crippen molar-refractivity contribution < 1.29 is 19.1 Å². The molecule has 2 rings (SSSR count). The first-order valence-electron chi connectivity index (χ1n) is 6.81. The van der Waals surface area contributed by atoms with Crippen molar-refractivity contribution in [1.82, 2.24) is 5.32 Å². The molecule has 114 valence electrons. The monoisotopic (exact) mass is 299 g/mol. The van der Waals surface area contributed by atoms with Crippen molar-refractivity contribution in [3.63, 3.8) is 0 Å². The van der Waals surface area contributed by atoms with Crippen LogP contribution in [0.5, 0.6) is 5.75 Å². The molecule has 0 aliphatic carbocycles. The molecule has 0 aromatic heterocycles. The van der Waals surface area contributed by atoms with Crippen molar-refractivity contribution in [3.8, 4) is 5.75 Å². The van der Waals surface area contributed by atoms with Crippen LogP contribution in [0.3, 0.4) is 0 Å². The van der Waals surface area contributed by atoms with Crippen LogP contribution in [0.4, 0.5) is 0 Å². The van der Waals surface area contributed by atoms with E-state index in [1.807, 2.05) is 24.3 Å². The Hall–Kier alpha value is -2.82. The van der Waals surface area contributed by atoms with Gasteiger partial charge < -0.3 is 14.8 Å². The quantitative estimate of drug-likeness (QED) is 0.830. The van der Waals surface area contributed by atoms with E-state index in [1.54, 1.807) is 37.4 Å². The largest absolute Gasteiger partial charge is 0.497 e. The van der Waals surface area contributed by atoms with E-state index in [0.29, 0.717) is 12.1 Å². The second-order valence-corrected chi connectivity index (χ2v) is 4.57. The van der Waals surface area contributed by atoms with Crippen LogP contribution in [0.1, 0.15) is 15.9 Å². The van der Waals surface area contributed by atoms with E-state index in [9.17, 15) is 9.59 Å². The highest BCUT2D eigenvalue weighted by Gasteiger charge is 2.09. The second-order valence-electron chi connectivity index (χ2n) is 4.57. The summed E-state index contributed by atoms with van der Waals surface area (Å²) in [6, 6.07) is 15.9. The summed E-state index contributed by atoms with van der Waals surface area (Å²) in [6.45, 7) is 0.0383. The molecule has 2 aromatic carbocycles. The third kappa shape index (κ3) is 4.63. The van der Waals surface area contributed by atoms with Crippen LogP contribution >= 0.6 is 0 Å². The molecule has 0 unspecified atom stereocenters. The highest BCUT2D eigenvalue weighted by molar-refractivity contribution is 5.91. The number of ether oxygens (including phenoxy) is 2. The topological polar surface area (TPSA) is 64.6 Å². The number of carbonyl (C=O) groups excluding carboxylic acids is 2. The summed E-state index contributed by atoms with van der Waals surface area (Å²) in [5.41, 5.74) is 1.32. The molecule has 2 aromatic rings. The molecule has 0 aliphatic heterocycles. The molecule has 0 saturated carbocycles. The van der Waals surface area contributed by atoms with E-state index in [4.69, 9.17) is 9.47 Å². The number of amides is 1. The second kappa shape index (κ2) is 7.83. The molecule has 0 radical (unpaired) electrons. The van der Waals surface area contributed by atoms with Crippen LogP contribution < -0.4 is 10.1 Å². The van der Waals surface area contributed by atoms with E-state index in [1.165, 1.54) is 0 Å². The third-order valence-corrected chi connectivity index (χ3v) is 2.97. The van der Waals surface area contributed by atoms with Crippen LogP contribution in [0, 0.1) is 0 Å². The van der Waals surface area contributed by atoms with Gasteiger partial charge in [0.1, 0.15) is 5.75 Å². The molecule has 5 nitrogen and oxygen atoms in total. The lowest BCUT2D eigenvalue weighted by molar-refractivity contribution is -0.124. The van der Waals surface area contributed by atoms with E-state index in [0.717, 1.165) is 11.3 Å². The maximum absolute atomic E-state index is 11.7. The number of hydrogen-bond acceptors (Lipinski definition) is 4. The lowest BCUT2D eigenvalue weighted by Crippen LogP contribution is -2.28. The standard InChI is InChI=1S/C17H17NO4/c1-21-15-9-5-6-13(10-15)11-18-16(19)12-22-17(20)14-7-3-2-4-8-14/h2-10H,11-12H2,1H3,(H,18,19). The van der Waals surface area contributed by atoms with Gasteiger partial charge >= 0.3 is 5.97 Å². The van der Waals surface area contributed by atoms with E-state index < -0.39 is 5.97 Å². The smallest absolute Gasteiger partial charge is 0.338 e. The summed E-state index contributed by atoms with van der Waals surface area (Å²) < 4.78 is 10.1. The number of benzene rings is 2. The van der Waals surface area contributed by atoms with Crippen LogP contribution in [-0.2, 0) is 16.1 Å². The van der Waals surface area contributed by atoms with Gasteiger partial charge in [-0.3, -0.25) is 4.79 Å². The van der Waals surface area contributed by atoms with Gasteiger partial charge in [-0.1, -0.05) is 30.3 Å². The summed E-state index contributed by atoms with van der Waals surface area (Å²) >= 11 is 0. The molecule has 5 heteroatoms. The number of rotatable bonds is 6. The zero-order chi connectivity index (χ0) is 15.8. The van der Waals surface area contributed by atoms with Crippen molar-refractivity contribution in [2.24, 2.45) is 0 Å². The fraction of sp³-hybridized carbons (Fsp3) is 0.176. The van der Waals surface area contributed by atoms with Crippen molar-refractivity contribution in [2.75, 3.05) is 13.7 Å². The third-order valence-electron chi connectivity index (χ3n) is 2.97. The maximum atomic E-state index is 11.7. The fourth-order valence-electron chi connectivity index (χ4n) is 1.82. The molecular formula is C17H17NO4. The Morgan fingerprint density at radius 3 is 2.55 bits per heavy atom. The normalized spacial score (nSPS) is 9.86. The zero-order valence-corrected chi connectivity index (χ0v) is 12.2. The fourth-order valence-corrected chi connectivity index (χ4v) is 1.82. The predicted molar refractivity (Wildman–Crippen MR) is 81.6 cm³/mol. The van der Waals surface area contributed by atoms with Gasteiger partial charge in [-0.2, -0.15) is 0 Å². The SMILES string of the molecule is COc1cccc(CNC(=O)COC(=O)c2ccccc2)c1. The van der Waals surface area contributed by atoms with Crippen molar-refractivity contribution in [1.29, 1.82) is 0 Å². The summed E-state index contributed by atoms with van der Waals surface area (Å²) in [4.78, 5) is 23.4. The first kappa shape index (κ1) is 15.6. The van der Waals surface area contributed by atoms with Crippen molar-refractivity contribution in [2.45, 2.75) is 6.54 Å². The van der Waals surface area contributed by atoms with Crippen LogP contribution in [0.2, 0.25) is 0 Å². The summed E-state index contributed by atoms with van der Waals surface area (Å²) in [5, 5.41) is 2.69. The molecule has 22 heavy (non-hydrogen) atoms. The van der Waals surface area contributed by atoms with Gasteiger partial charge in [0.05, 0.1) is 12.7 Å². The Morgan fingerprint density at radius 2 is 1.82 bits per heavy atom. The predicted octanol–water partition coefficient (Wildman–Crippen LogP) is 2.17. The summed E-state index contributed by atoms with van der Waals surface area (Å²) in [5.74, 6) is -0.147. The van der Waals surface area contributed by atoms with Gasteiger partial charge in [-0.15, -0.1) is 0 Å². The van der Waals surface area contributed by atoms with E-state index in [-0.39, 0.29) is 12.5 Å². The first-order chi connectivity index (χ1) is 10.7. The number of esters is 1. The number of carbonyl (C=O) groups is 2. The highest BCUT2D eigenvalue weighted by atomic mass is 16.5. The Bertz CT molecular complexity index is 640. The Labute approximate surface area is 128 Å². The Balaban J connectivity index is 1.77. The first-order valence-corrected chi connectivity index (χ1v) is 6.81. The van der Waals surface area contributed by atoms with Gasteiger partial charge in [0.25, 0.3) is 5.91 Å². The van der Waals surface area contributed by atoms with Gasteiger partial charge in [0.15, 0.2) is 6.61 Å². The van der Waals surface area contributed by atoms with Crippen LogP contribution in [0.15, 0.2) is 54.6 Å². The minimum Gasteiger partial charge on any atom is -0.497 e. The minimum atomic E-state index is -0.517. The van der Waals surface area contributed by atoms with Crippen molar-refractivity contribution >= 4 is 11.9 Å². The van der Waals surface area contributed by atoms with E-state index >= 15 is 0 Å². The zero-order valence-electron chi connectivity index (χ0n) is 12.2. The molecule has 0 spiro atoms. The van der Waals surface area contributed by atoms with Gasteiger partial charge in [0.2, 0.25) is 0 Å². The molecule has 0 atom stereocenters. The highest BCUT2D eigenvalue weighted by Crippen LogP contribution is 2.12. The van der Waals surface area contributed by atoms with Crippen molar-refractivity contribution in [3.05, 3.63) is 65.7 Å². The molecule has 0 saturated heterocycles. The molecular weight excluding hydrogens is 282 g/mol. The molecule has 0 aliphatic rings. The van der Waals surface area contributed by atoms with Crippen LogP contribution in [-0.4, -0.2) is 25.6 Å². The molecule has 0 fully saturated rings. The Kier molecular flexibility index (Phi) is 5.54. The lowest BCUT2D eigenvalue weighted by atomic mass is 10.2. The van der Waals surface area contributed by atoms with Crippen LogP contribution in [0.25, 0.3) is 0 Å². The number of nitrogens with one attached hydrogen (secondary N) is 1.